The van der Waals surface area contributed by atoms with Crippen molar-refractivity contribution in [1.29, 1.82) is 0 Å². The first-order valence-electron chi connectivity index (χ1n) is 9.30. The molecule has 1 amide bonds. The molecule has 0 aliphatic carbocycles. The Kier molecular flexibility index (Phi) is 4.74. The molecule has 0 fully saturated rings. The minimum absolute atomic E-state index is 0.0954. The fourth-order valence-electron chi connectivity index (χ4n) is 3.65. The largest absolute Gasteiger partial charge is 0.506 e. The van der Waals surface area contributed by atoms with Crippen LogP contribution in [0.3, 0.4) is 0 Å². The predicted octanol–water partition coefficient (Wildman–Crippen LogP) is 4.46. The van der Waals surface area contributed by atoms with Gasteiger partial charge in [-0.2, -0.15) is 0 Å². The van der Waals surface area contributed by atoms with Gasteiger partial charge in [0.2, 0.25) is 5.78 Å². The van der Waals surface area contributed by atoms with E-state index in [0.717, 1.165) is 5.56 Å². The Bertz CT molecular complexity index is 1220. The van der Waals surface area contributed by atoms with Crippen LogP contribution < -0.4 is 4.90 Å². The van der Waals surface area contributed by atoms with Crippen LogP contribution in [0, 0.1) is 27.7 Å². The van der Waals surface area contributed by atoms with Crippen LogP contribution in [0.2, 0.25) is 0 Å². The zero-order valence-electron chi connectivity index (χ0n) is 16.9. The minimum atomic E-state index is -1.02. The smallest absolute Gasteiger partial charge is 0.294 e. The van der Waals surface area contributed by atoms with Gasteiger partial charge < -0.3 is 14.6 Å². The molecule has 1 atom stereocenters. The van der Waals surface area contributed by atoms with Crippen LogP contribution in [0.4, 0.5) is 5.69 Å². The van der Waals surface area contributed by atoms with E-state index in [2.05, 4.69) is 4.98 Å². The van der Waals surface area contributed by atoms with Crippen molar-refractivity contribution in [2.24, 2.45) is 0 Å². The van der Waals surface area contributed by atoms with E-state index < -0.39 is 23.5 Å². The molecule has 1 unspecified atom stereocenters. The molecule has 30 heavy (non-hydrogen) atoms. The predicted molar refractivity (Wildman–Crippen MR) is 112 cm³/mol. The number of carbonyl (C=O) groups is 2. The monoisotopic (exact) mass is 424 g/mol. The van der Waals surface area contributed by atoms with E-state index in [1.54, 1.807) is 45.0 Å². The molecule has 0 saturated carbocycles. The summed E-state index contributed by atoms with van der Waals surface area (Å²) in [6.07, 6.45) is 0. The molecule has 4 rings (SSSR count). The summed E-state index contributed by atoms with van der Waals surface area (Å²) < 4.78 is 5.75. The highest BCUT2D eigenvalue weighted by atomic mass is 32.1. The first-order valence-corrected chi connectivity index (χ1v) is 10.1. The van der Waals surface area contributed by atoms with E-state index in [4.69, 9.17) is 4.42 Å². The van der Waals surface area contributed by atoms with Crippen molar-refractivity contribution in [3.8, 4) is 5.75 Å². The van der Waals surface area contributed by atoms with Gasteiger partial charge in [0.15, 0.2) is 5.76 Å². The van der Waals surface area contributed by atoms with Gasteiger partial charge in [-0.25, -0.2) is 4.98 Å². The SMILES string of the molecule is Cc1ccc(O)c(N2C(=O)C(O)=C(C(=O)c3sc(C)nc3C)C2c2ccc(C)o2)c1. The van der Waals surface area contributed by atoms with Crippen molar-refractivity contribution in [3.63, 3.8) is 0 Å². The number of rotatable bonds is 4. The Morgan fingerprint density at radius 2 is 1.87 bits per heavy atom. The van der Waals surface area contributed by atoms with Crippen LogP contribution in [0.15, 0.2) is 46.1 Å². The first kappa shape index (κ1) is 19.9. The number of thiazole rings is 1. The summed E-state index contributed by atoms with van der Waals surface area (Å²) in [5, 5.41) is 21.9. The first-order chi connectivity index (χ1) is 14.2. The summed E-state index contributed by atoms with van der Waals surface area (Å²) >= 11 is 1.20. The number of hydrogen-bond donors (Lipinski definition) is 2. The number of hydrogen-bond acceptors (Lipinski definition) is 7. The van der Waals surface area contributed by atoms with Gasteiger partial charge in [-0.05, 0) is 57.5 Å². The maximum absolute atomic E-state index is 13.4. The van der Waals surface area contributed by atoms with E-state index in [9.17, 15) is 19.8 Å². The summed E-state index contributed by atoms with van der Waals surface area (Å²) in [6, 6.07) is 7.15. The van der Waals surface area contributed by atoms with Crippen LogP contribution in [0.1, 0.15) is 43.5 Å². The number of anilines is 1. The zero-order chi connectivity index (χ0) is 21.7. The maximum Gasteiger partial charge on any atom is 0.294 e. The maximum atomic E-state index is 13.4. The Morgan fingerprint density at radius 1 is 1.13 bits per heavy atom. The number of amides is 1. The molecule has 0 saturated heterocycles. The number of Topliss-reactive ketones (excluding diaryl/α,β-unsaturated/α-hetero) is 1. The summed E-state index contributed by atoms with van der Waals surface area (Å²) in [5.41, 5.74) is 1.42. The number of phenols is 1. The van der Waals surface area contributed by atoms with E-state index in [0.29, 0.717) is 27.1 Å². The average molecular weight is 424 g/mol. The molecule has 3 aromatic rings. The summed E-state index contributed by atoms with van der Waals surface area (Å²) in [4.78, 5) is 32.4. The lowest BCUT2D eigenvalue weighted by Crippen LogP contribution is -2.31. The Hall–Kier alpha value is -3.39. The molecule has 1 aromatic carbocycles. The van der Waals surface area contributed by atoms with Crippen molar-refractivity contribution >= 4 is 28.7 Å². The highest BCUT2D eigenvalue weighted by Gasteiger charge is 2.47. The van der Waals surface area contributed by atoms with Gasteiger partial charge in [0.1, 0.15) is 23.3 Å². The lowest BCUT2D eigenvalue weighted by atomic mass is 9.99. The Balaban J connectivity index is 1.92. The Labute approximate surface area is 176 Å². The van der Waals surface area contributed by atoms with Gasteiger partial charge in [-0.1, -0.05) is 6.07 Å². The van der Waals surface area contributed by atoms with Crippen molar-refractivity contribution in [3.05, 3.63) is 74.3 Å². The third-order valence-electron chi connectivity index (χ3n) is 4.98. The molecule has 0 spiro atoms. The van der Waals surface area contributed by atoms with Crippen molar-refractivity contribution in [1.82, 2.24) is 4.98 Å². The Morgan fingerprint density at radius 3 is 2.47 bits per heavy atom. The molecular weight excluding hydrogens is 404 g/mol. The molecule has 2 aromatic heterocycles. The fourth-order valence-corrected chi connectivity index (χ4v) is 4.52. The van der Waals surface area contributed by atoms with Crippen molar-refractivity contribution < 1.29 is 24.2 Å². The van der Waals surface area contributed by atoms with Crippen LogP contribution in [-0.4, -0.2) is 26.9 Å². The van der Waals surface area contributed by atoms with Crippen molar-refractivity contribution in [2.75, 3.05) is 4.90 Å². The number of aliphatic hydroxyl groups excluding tert-OH is 1. The second-order valence-corrected chi connectivity index (χ2v) is 8.46. The summed E-state index contributed by atoms with van der Waals surface area (Å²) in [5.74, 6) is -1.17. The number of benzene rings is 1. The molecule has 0 radical (unpaired) electrons. The second-order valence-electron chi connectivity index (χ2n) is 7.26. The molecule has 8 heteroatoms. The minimum Gasteiger partial charge on any atom is -0.506 e. The van der Waals surface area contributed by atoms with E-state index in [-0.39, 0.29) is 17.0 Å². The highest BCUT2D eigenvalue weighted by molar-refractivity contribution is 7.14. The number of ketones is 1. The fraction of sp³-hybridized carbons (Fsp3) is 0.227. The molecule has 3 heterocycles. The molecular formula is C22H20N2O5S. The van der Waals surface area contributed by atoms with Gasteiger partial charge in [0.05, 0.1) is 26.8 Å². The molecule has 154 valence electrons. The third kappa shape index (κ3) is 3.09. The van der Waals surface area contributed by atoms with Crippen LogP contribution in [-0.2, 0) is 4.79 Å². The lowest BCUT2D eigenvalue weighted by Gasteiger charge is -2.26. The van der Waals surface area contributed by atoms with Crippen LogP contribution in [0.5, 0.6) is 5.75 Å². The normalized spacial score (nSPS) is 16.6. The number of carbonyl (C=O) groups excluding carboxylic acids is 2. The molecule has 1 aliphatic heterocycles. The van der Waals surface area contributed by atoms with Crippen molar-refractivity contribution in [2.45, 2.75) is 33.7 Å². The topological polar surface area (TPSA) is 104 Å². The average Bonchev–Trinajstić information content (AvgIpc) is 3.33. The standard InChI is InChI=1S/C22H20N2O5S/c1-10-5-7-15(25)14(9-10)24-18(16-8-6-11(2)29-16)17(20(27)22(24)28)19(26)21-12(3)23-13(4)30-21/h5-9,18,25,27H,1-4H3. The third-order valence-corrected chi connectivity index (χ3v) is 6.06. The van der Waals surface area contributed by atoms with Gasteiger partial charge in [-0.3, -0.25) is 14.5 Å². The number of aliphatic hydroxyl groups is 1. The van der Waals surface area contributed by atoms with Crippen LogP contribution in [0.25, 0.3) is 0 Å². The number of aryl methyl sites for hydroxylation is 4. The van der Waals surface area contributed by atoms with Gasteiger partial charge in [0, 0.05) is 0 Å². The quantitative estimate of drug-likeness (QED) is 0.600. The summed E-state index contributed by atoms with van der Waals surface area (Å²) in [7, 11) is 0. The summed E-state index contributed by atoms with van der Waals surface area (Å²) in [6.45, 7) is 7.06. The molecule has 2 N–H and O–H groups in total. The number of aromatic hydroxyl groups is 1. The second kappa shape index (κ2) is 7.14. The zero-order valence-corrected chi connectivity index (χ0v) is 17.7. The van der Waals surface area contributed by atoms with E-state index in [1.807, 2.05) is 6.92 Å². The highest BCUT2D eigenvalue weighted by Crippen LogP contribution is 2.45. The number of nitrogens with zero attached hydrogens (tertiary/aromatic N) is 2. The lowest BCUT2D eigenvalue weighted by molar-refractivity contribution is -0.117. The van der Waals surface area contributed by atoms with E-state index in [1.165, 1.54) is 22.3 Å². The molecule has 7 nitrogen and oxygen atoms in total. The number of aromatic nitrogens is 1. The molecule has 1 aliphatic rings. The van der Waals surface area contributed by atoms with Gasteiger partial charge >= 0.3 is 0 Å². The number of furan rings is 1. The number of phenolic OH excluding ortho intramolecular Hbond substituents is 1. The van der Waals surface area contributed by atoms with Crippen LogP contribution >= 0.6 is 11.3 Å². The van der Waals surface area contributed by atoms with Gasteiger partial charge in [-0.15, -0.1) is 11.3 Å². The van der Waals surface area contributed by atoms with Gasteiger partial charge in [0.25, 0.3) is 5.91 Å². The van der Waals surface area contributed by atoms with E-state index >= 15 is 0 Å². The molecule has 0 bridgehead atoms.